The fraction of sp³-hybridized carbons (Fsp3) is 0. The van der Waals surface area contributed by atoms with E-state index >= 15 is 0 Å². The summed E-state index contributed by atoms with van der Waals surface area (Å²) in [7, 11) is 0. The topological polar surface area (TPSA) is 25.8 Å². The monoisotopic (exact) mass is 708 g/mol. The minimum absolute atomic E-state index is 0.708. The number of fused-ring (bicyclic) bond motifs is 15. The Morgan fingerprint density at radius 2 is 0.554 bits per heavy atom. The first-order valence-electron chi connectivity index (χ1n) is 19.2. The van der Waals surface area contributed by atoms with Crippen molar-refractivity contribution in [2.24, 2.45) is 0 Å². The van der Waals surface area contributed by atoms with Gasteiger partial charge in [0.1, 0.15) is 0 Å². The van der Waals surface area contributed by atoms with Gasteiger partial charge in [-0.15, -0.1) is 0 Å². The highest BCUT2D eigenvalue weighted by atomic mass is 14.9. The molecule has 0 fully saturated rings. The fourth-order valence-corrected chi connectivity index (χ4v) is 9.16. The first-order chi connectivity index (χ1) is 27.7. The molecule has 1 aromatic heterocycles. The molecule has 2 heteroatoms. The summed E-state index contributed by atoms with van der Waals surface area (Å²) in [6.45, 7) is 0. The van der Waals surface area contributed by atoms with Gasteiger partial charge in [0.25, 0.3) is 0 Å². The molecule has 0 saturated carbocycles. The van der Waals surface area contributed by atoms with Crippen molar-refractivity contribution in [1.82, 2.24) is 9.97 Å². The Hall–Kier alpha value is -7.42. The molecule has 0 unspecified atom stereocenters. The molecular formula is C54H32N2. The maximum Gasteiger partial charge on any atom is 0.160 e. The smallest absolute Gasteiger partial charge is 0.160 e. The van der Waals surface area contributed by atoms with Crippen LogP contribution in [0, 0.1) is 0 Å². The van der Waals surface area contributed by atoms with Crippen LogP contribution in [-0.2, 0) is 0 Å². The van der Waals surface area contributed by atoms with Crippen molar-refractivity contribution in [1.29, 1.82) is 0 Å². The Balaban J connectivity index is 1.11. The Morgan fingerprint density at radius 3 is 1.04 bits per heavy atom. The van der Waals surface area contributed by atoms with E-state index in [1.54, 1.807) is 0 Å². The summed E-state index contributed by atoms with van der Waals surface area (Å²) in [6, 6.07) is 70.4. The molecule has 56 heavy (non-hydrogen) atoms. The lowest BCUT2D eigenvalue weighted by Gasteiger charge is -2.14. The summed E-state index contributed by atoms with van der Waals surface area (Å²) < 4.78 is 0. The van der Waals surface area contributed by atoms with Crippen LogP contribution in [0.3, 0.4) is 0 Å². The molecule has 0 saturated heterocycles. The van der Waals surface area contributed by atoms with Gasteiger partial charge in [0, 0.05) is 16.7 Å². The maximum absolute atomic E-state index is 5.36. The summed E-state index contributed by atoms with van der Waals surface area (Å²) in [6.07, 6.45) is 0. The van der Waals surface area contributed by atoms with E-state index in [-0.39, 0.29) is 0 Å². The first kappa shape index (κ1) is 31.0. The SMILES string of the molecule is c1ccc2c(c1)ccc1cc(-c3nc(-c4ccc5c6ccccc6c6ccccc6c5c4)cc(-c4ccc5c6ccccc6c6ccccc6c5c4)n3)ccc12. The number of aromatic nitrogens is 2. The number of nitrogens with zero attached hydrogens (tertiary/aromatic N) is 2. The van der Waals surface area contributed by atoms with E-state index in [0.29, 0.717) is 5.82 Å². The molecule has 0 amide bonds. The van der Waals surface area contributed by atoms with Crippen LogP contribution in [-0.4, -0.2) is 9.97 Å². The average molecular weight is 709 g/mol. The van der Waals surface area contributed by atoms with E-state index in [0.717, 1.165) is 28.1 Å². The van der Waals surface area contributed by atoms with E-state index < -0.39 is 0 Å². The fourth-order valence-electron chi connectivity index (χ4n) is 9.16. The maximum atomic E-state index is 5.36. The lowest BCUT2D eigenvalue weighted by atomic mass is 9.92. The minimum Gasteiger partial charge on any atom is -0.228 e. The quantitative estimate of drug-likeness (QED) is 0.171. The molecule has 1 heterocycles. The minimum atomic E-state index is 0.708. The largest absolute Gasteiger partial charge is 0.228 e. The highest BCUT2D eigenvalue weighted by Gasteiger charge is 2.16. The van der Waals surface area contributed by atoms with Gasteiger partial charge in [0.05, 0.1) is 11.4 Å². The molecule has 0 atom stereocenters. The van der Waals surface area contributed by atoms with Crippen LogP contribution in [0.25, 0.3) is 120 Å². The summed E-state index contributed by atoms with van der Waals surface area (Å²) in [5.74, 6) is 0.708. The highest BCUT2D eigenvalue weighted by molar-refractivity contribution is 6.27. The van der Waals surface area contributed by atoms with E-state index in [1.807, 2.05) is 0 Å². The zero-order valence-corrected chi connectivity index (χ0v) is 30.4. The standard InChI is InChI=1S/C54H32N2/c1-2-12-38-33(11-1)21-22-34-29-37(25-26-39(34)38)54-55-52(35-23-27-48-44-17-5-3-13-40(44)42-15-7-9-19-46(42)50(48)30-35)32-53(56-54)36-24-28-49-45-18-6-4-14-41(45)43-16-8-10-20-47(43)51(49)31-36/h1-32H. The van der Waals surface area contributed by atoms with E-state index in [4.69, 9.17) is 9.97 Å². The zero-order valence-electron chi connectivity index (χ0n) is 30.4. The van der Waals surface area contributed by atoms with Gasteiger partial charge >= 0.3 is 0 Å². The summed E-state index contributed by atoms with van der Waals surface area (Å²) in [5.41, 5.74) is 4.90. The van der Waals surface area contributed by atoms with Gasteiger partial charge in [-0.25, -0.2) is 9.97 Å². The van der Waals surface area contributed by atoms with Crippen LogP contribution in [0.15, 0.2) is 194 Å². The van der Waals surface area contributed by atoms with Crippen molar-refractivity contribution in [2.75, 3.05) is 0 Å². The van der Waals surface area contributed by atoms with E-state index in [9.17, 15) is 0 Å². The van der Waals surface area contributed by atoms with Gasteiger partial charge in [-0.2, -0.15) is 0 Å². The van der Waals surface area contributed by atoms with Gasteiger partial charge in [-0.05, 0) is 110 Å². The number of hydrogen-bond acceptors (Lipinski definition) is 2. The zero-order chi connectivity index (χ0) is 36.7. The average Bonchev–Trinajstić information content (AvgIpc) is 3.28. The predicted molar refractivity (Wildman–Crippen MR) is 238 cm³/mol. The molecule has 11 aromatic carbocycles. The van der Waals surface area contributed by atoms with Crippen LogP contribution in [0.2, 0.25) is 0 Å². The lowest BCUT2D eigenvalue weighted by Crippen LogP contribution is -1.96. The third kappa shape index (κ3) is 4.69. The molecule has 0 spiro atoms. The summed E-state index contributed by atoms with van der Waals surface area (Å²) >= 11 is 0. The van der Waals surface area contributed by atoms with Crippen molar-refractivity contribution in [2.45, 2.75) is 0 Å². The second-order valence-corrected chi connectivity index (χ2v) is 14.9. The molecule has 0 aliphatic carbocycles. The molecule has 258 valence electrons. The lowest BCUT2D eigenvalue weighted by molar-refractivity contribution is 1.19. The van der Waals surface area contributed by atoms with Crippen LogP contribution in [0.4, 0.5) is 0 Å². The second kappa shape index (κ2) is 12.0. The molecule has 0 N–H and O–H groups in total. The number of hydrogen-bond donors (Lipinski definition) is 0. The first-order valence-corrected chi connectivity index (χ1v) is 19.2. The van der Waals surface area contributed by atoms with Crippen molar-refractivity contribution in [3.63, 3.8) is 0 Å². The van der Waals surface area contributed by atoms with E-state index in [1.165, 1.54) is 86.2 Å². The Bertz CT molecular complexity index is 3350. The van der Waals surface area contributed by atoms with Crippen molar-refractivity contribution >= 4 is 86.2 Å². The van der Waals surface area contributed by atoms with Gasteiger partial charge in [0.15, 0.2) is 5.82 Å². The summed E-state index contributed by atoms with van der Waals surface area (Å²) in [4.78, 5) is 10.7. The summed E-state index contributed by atoms with van der Waals surface area (Å²) in [5, 5.41) is 19.9. The Morgan fingerprint density at radius 1 is 0.214 bits per heavy atom. The Kier molecular flexibility index (Phi) is 6.66. The third-order valence-electron chi connectivity index (χ3n) is 11.8. The van der Waals surface area contributed by atoms with Crippen molar-refractivity contribution in [3.05, 3.63) is 194 Å². The Labute approximate surface area is 322 Å². The normalized spacial score (nSPS) is 11.9. The molecule has 0 aliphatic heterocycles. The number of benzene rings is 11. The molecular weight excluding hydrogens is 677 g/mol. The highest BCUT2D eigenvalue weighted by Crippen LogP contribution is 2.40. The molecule has 12 aromatic rings. The molecule has 2 nitrogen and oxygen atoms in total. The van der Waals surface area contributed by atoms with Crippen LogP contribution >= 0.6 is 0 Å². The predicted octanol–water partition coefficient (Wildman–Crippen LogP) is 14.7. The third-order valence-corrected chi connectivity index (χ3v) is 11.8. The van der Waals surface area contributed by atoms with Crippen molar-refractivity contribution in [3.8, 4) is 33.9 Å². The van der Waals surface area contributed by atoms with Crippen LogP contribution < -0.4 is 0 Å². The van der Waals surface area contributed by atoms with Gasteiger partial charge in [-0.1, -0.05) is 170 Å². The van der Waals surface area contributed by atoms with Crippen molar-refractivity contribution < 1.29 is 0 Å². The van der Waals surface area contributed by atoms with Crippen LogP contribution in [0.1, 0.15) is 0 Å². The van der Waals surface area contributed by atoms with E-state index in [2.05, 4.69) is 194 Å². The van der Waals surface area contributed by atoms with Gasteiger partial charge < -0.3 is 0 Å². The van der Waals surface area contributed by atoms with Crippen LogP contribution in [0.5, 0.6) is 0 Å². The number of rotatable bonds is 3. The molecule has 0 bridgehead atoms. The van der Waals surface area contributed by atoms with Gasteiger partial charge in [-0.3, -0.25) is 0 Å². The second-order valence-electron chi connectivity index (χ2n) is 14.9. The molecule has 12 rings (SSSR count). The van der Waals surface area contributed by atoms with Gasteiger partial charge in [0.2, 0.25) is 0 Å². The molecule has 0 radical (unpaired) electrons. The molecule has 0 aliphatic rings.